The lowest BCUT2D eigenvalue weighted by molar-refractivity contribution is 0.574. The molecule has 0 aliphatic carbocycles. The fourth-order valence-electron chi connectivity index (χ4n) is 2.68. The smallest absolute Gasteiger partial charge is 0.235 e. The van der Waals surface area contributed by atoms with E-state index in [1.54, 1.807) is 4.31 Å². The molecule has 0 aromatic heterocycles. The number of hydrogen-bond acceptors (Lipinski definition) is 3. The molecule has 0 amide bonds. The molecule has 1 N–H and O–H groups in total. The average molecular weight is 266 g/mol. The lowest BCUT2D eigenvalue weighted by Gasteiger charge is -2.29. The lowest BCUT2D eigenvalue weighted by Crippen LogP contribution is -2.37. The van der Waals surface area contributed by atoms with Crippen molar-refractivity contribution >= 4 is 21.4 Å². The molecule has 0 unspecified atom stereocenters. The van der Waals surface area contributed by atoms with Crippen molar-refractivity contribution in [2.24, 2.45) is 0 Å². The molecule has 0 spiro atoms. The number of rotatable bonds is 1. The summed E-state index contributed by atoms with van der Waals surface area (Å²) in [4.78, 5) is 0. The topological polar surface area (TPSA) is 49.4 Å². The predicted molar refractivity (Wildman–Crippen MR) is 73.6 cm³/mol. The highest BCUT2D eigenvalue weighted by Crippen LogP contribution is 2.30. The van der Waals surface area contributed by atoms with E-state index in [0.717, 1.165) is 43.6 Å². The van der Waals surface area contributed by atoms with Gasteiger partial charge in [-0.3, -0.25) is 4.31 Å². The highest BCUT2D eigenvalue weighted by molar-refractivity contribution is 7.92. The predicted octanol–water partition coefficient (Wildman–Crippen LogP) is 1.97. The van der Waals surface area contributed by atoms with E-state index in [0.29, 0.717) is 6.54 Å². The summed E-state index contributed by atoms with van der Waals surface area (Å²) < 4.78 is 25.7. The molecule has 1 saturated heterocycles. The van der Waals surface area contributed by atoms with Crippen molar-refractivity contribution in [2.45, 2.75) is 25.7 Å². The van der Waals surface area contributed by atoms with Gasteiger partial charge in [-0.05, 0) is 43.4 Å². The normalized spacial score (nSPS) is 22.1. The monoisotopic (exact) mass is 266 g/mol. The molecule has 1 aromatic rings. The van der Waals surface area contributed by atoms with Crippen molar-refractivity contribution in [3.8, 4) is 0 Å². The van der Waals surface area contributed by atoms with Crippen molar-refractivity contribution in [2.75, 3.05) is 28.5 Å². The molecule has 4 nitrogen and oxygen atoms in total. The van der Waals surface area contributed by atoms with E-state index >= 15 is 0 Å². The summed E-state index contributed by atoms with van der Waals surface area (Å²) in [6, 6.07) is 5.98. The zero-order chi connectivity index (χ0) is 12.6. The van der Waals surface area contributed by atoms with Crippen LogP contribution in [0.2, 0.25) is 0 Å². The lowest BCUT2D eigenvalue weighted by atomic mass is 10.0. The Morgan fingerprint density at radius 2 is 2.06 bits per heavy atom. The Kier molecular flexibility index (Phi) is 2.93. The first-order valence-electron chi connectivity index (χ1n) is 6.54. The highest BCUT2D eigenvalue weighted by atomic mass is 32.2. The van der Waals surface area contributed by atoms with E-state index in [-0.39, 0.29) is 5.75 Å². The minimum Gasteiger partial charge on any atom is -0.385 e. The molecule has 0 bridgehead atoms. The molecule has 1 aromatic carbocycles. The van der Waals surface area contributed by atoms with Crippen molar-refractivity contribution in [3.63, 3.8) is 0 Å². The summed E-state index contributed by atoms with van der Waals surface area (Å²) in [7, 11) is -3.10. The van der Waals surface area contributed by atoms with E-state index in [9.17, 15) is 8.42 Å². The maximum atomic E-state index is 12.1. The maximum Gasteiger partial charge on any atom is 0.235 e. The largest absolute Gasteiger partial charge is 0.385 e. The van der Waals surface area contributed by atoms with Gasteiger partial charge in [-0.25, -0.2) is 8.42 Å². The van der Waals surface area contributed by atoms with Crippen molar-refractivity contribution < 1.29 is 8.42 Å². The Labute approximate surface area is 108 Å². The van der Waals surface area contributed by atoms with Gasteiger partial charge in [0.15, 0.2) is 0 Å². The van der Waals surface area contributed by atoms with Crippen LogP contribution in [-0.2, 0) is 16.4 Å². The van der Waals surface area contributed by atoms with Crippen LogP contribution in [0.3, 0.4) is 0 Å². The molecule has 0 saturated carbocycles. The van der Waals surface area contributed by atoms with Gasteiger partial charge in [0.2, 0.25) is 10.0 Å². The van der Waals surface area contributed by atoms with Crippen LogP contribution >= 0.6 is 0 Å². The number of nitrogens with one attached hydrogen (secondary N) is 1. The summed E-state index contributed by atoms with van der Waals surface area (Å²) in [5.41, 5.74) is 3.20. The van der Waals surface area contributed by atoms with Gasteiger partial charge in [-0.1, -0.05) is 6.07 Å². The second-order valence-electron chi connectivity index (χ2n) is 4.97. The first-order valence-corrected chi connectivity index (χ1v) is 8.15. The minimum atomic E-state index is -3.10. The van der Waals surface area contributed by atoms with Crippen molar-refractivity contribution in [3.05, 3.63) is 23.8 Å². The third-order valence-corrected chi connectivity index (χ3v) is 5.54. The number of sulfonamides is 1. The Balaban J connectivity index is 1.96. The van der Waals surface area contributed by atoms with Gasteiger partial charge < -0.3 is 5.32 Å². The third kappa shape index (κ3) is 2.07. The Morgan fingerprint density at radius 1 is 1.17 bits per heavy atom. The van der Waals surface area contributed by atoms with E-state index in [1.807, 2.05) is 12.1 Å². The van der Waals surface area contributed by atoms with Crippen LogP contribution in [0.4, 0.5) is 11.4 Å². The summed E-state index contributed by atoms with van der Waals surface area (Å²) >= 11 is 0. The Bertz CT molecular complexity index is 554. The summed E-state index contributed by atoms with van der Waals surface area (Å²) in [5.74, 6) is 0.275. The number of fused-ring (bicyclic) bond motifs is 1. The molecule has 3 rings (SSSR count). The van der Waals surface area contributed by atoms with Gasteiger partial charge in [0.1, 0.15) is 0 Å². The fraction of sp³-hybridized carbons (Fsp3) is 0.538. The van der Waals surface area contributed by atoms with Crippen molar-refractivity contribution in [1.29, 1.82) is 0 Å². The number of anilines is 2. The molecule has 0 radical (unpaired) electrons. The molecular formula is C13H18N2O2S. The molecule has 98 valence electrons. The molecule has 5 heteroatoms. The van der Waals surface area contributed by atoms with E-state index < -0.39 is 10.0 Å². The average Bonchev–Trinajstić information content (AvgIpc) is 2.38. The fourth-order valence-corrected chi connectivity index (χ4v) is 4.31. The van der Waals surface area contributed by atoms with Crippen LogP contribution in [0.5, 0.6) is 0 Å². The molecule has 18 heavy (non-hydrogen) atoms. The molecular weight excluding hydrogens is 248 g/mol. The first kappa shape index (κ1) is 11.8. The van der Waals surface area contributed by atoms with Crippen LogP contribution in [-0.4, -0.2) is 27.3 Å². The molecule has 0 atom stereocenters. The molecule has 2 aliphatic heterocycles. The molecule has 2 heterocycles. The van der Waals surface area contributed by atoms with Gasteiger partial charge in [-0.2, -0.15) is 0 Å². The Hall–Kier alpha value is -1.23. The van der Waals surface area contributed by atoms with Crippen LogP contribution in [0.1, 0.15) is 24.8 Å². The SMILES string of the molecule is O=S1(=O)CCCCN1c1ccc2c(c1)NCCC2. The second-order valence-corrected chi connectivity index (χ2v) is 6.98. The first-order chi connectivity index (χ1) is 8.67. The quantitative estimate of drug-likeness (QED) is 0.845. The van der Waals surface area contributed by atoms with Crippen LogP contribution in [0.25, 0.3) is 0 Å². The third-order valence-electron chi connectivity index (χ3n) is 3.67. The van der Waals surface area contributed by atoms with Gasteiger partial charge in [-0.15, -0.1) is 0 Å². The Morgan fingerprint density at radius 3 is 2.89 bits per heavy atom. The highest BCUT2D eigenvalue weighted by Gasteiger charge is 2.26. The second kappa shape index (κ2) is 4.46. The van der Waals surface area contributed by atoms with E-state index in [4.69, 9.17) is 0 Å². The minimum absolute atomic E-state index is 0.275. The van der Waals surface area contributed by atoms with E-state index in [1.165, 1.54) is 5.56 Å². The van der Waals surface area contributed by atoms with Crippen LogP contribution in [0, 0.1) is 0 Å². The summed E-state index contributed by atoms with van der Waals surface area (Å²) in [6.07, 6.45) is 3.95. The standard InChI is InChI=1S/C13H18N2O2S/c16-18(17)9-2-1-8-15(18)12-6-5-11-4-3-7-14-13(11)10-12/h5-6,10,14H,1-4,7-9H2. The van der Waals surface area contributed by atoms with Gasteiger partial charge in [0.25, 0.3) is 0 Å². The van der Waals surface area contributed by atoms with E-state index in [2.05, 4.69) is 11.4 Å². The number of benzene rings is 1. The van der Waals surface area contributed by atoms with Gasteiger partial charge in [0, 0.05) is 18.8 Å². The van der Waals surface area contributed by atoms with Crippen LogP contribution < -0.4 is 9.62 Å². The van der Waals surface area contributed by atoms with Crippen LogP contribution in [0.15, 0.2) is 18.2 Å². The zero-order valence-corrected chi connectivity index (χ0v) is 11.2. The van der Waals surface area contributed by atoms with Gasteiger partial charge >= 0.3 is 0 Å². The summed E-state index contributed by atoms with van der Waals surface area (Å²) in [6.45, 7) is 1.59. The zero-order valence-electron chi connectivity index (χ0n) is 10.4. The summed E-state index contributed by atoms with van der Waals surface area (Å²) in [5, 5.41) is 3.35. The van der Waals surface area contributed by atoms with Gasteiger partial charge in [0.05, 0.1) is 11.4 Å². The number of hydrogen-bond donors (Lipinski definition) is 1. The number of aryl methyl sites for hydroxylation is 1. The van der Waals surface area contributed by atoms with Crippen molar-refractivity contribution in [1.82, 2.24) is 0 Å². The maximum absolute atomic E-state index is 12.1. The number of nitrogens with zero attached hydrogens (tertiary/aromatic N) is 1. The molecule has 1 fully saturated rings. The molecule has 2 aliphatic rings.